The quantitative estimate of drug-likeness (QED) is 0.658. The van der Waals surface area contributed by atoms with Gasteiger partial charge >= 0.3 is 0 Å². The molecule has 0 amide bonds. The fourth-order valence-electron chi connectivity index (χ4n) is 3.25. The molecule has 0 spiro atoms. The average molecular weight is 316 g/mol. The van der Waals surface area contributed by atoms with Gasteiger partial charge in [0.1, 0.15) is 23.3 Å². The molecule has 0 atom stereocenters. The second-order valence-electron chi connectivity index (χ2n) is 6.32. The number of nitrogens with zero attached hydrogens (tertiary/aromatic N) is 6. The average Bonchev–Trinajstić information content (AvgIpc) is 3.32. The van der Waals surface area contributed by atoms with Crippen LogP contribution in [0.15, 0.2) is 65.7 Å². The molecule has 0 aromatic heterocycles. The molecule has 3 heterocycles. The summed E-state index contributed by atoms with van der Waals surface area (Å²) in [4.78, 5) is 27.8. The number of hydrogen-bond donors (Lipinski definition) is 0. The van der Waals surface area contributed by atoms with Gasteiger partial charge in [-0.15, -0.1) is 0 Å². The molecule has 0 fully saturated rings. The zero-order chi connectivity index (χ0) is 15.9. The molecule has 3 aliphatic heterocycles. The lowest BCUT2D eigenvalue weighted by atomic mass is 10.2. The van der Waals surface area contributed by atoms with Crippen LogP contribution in [0.1, 0.15) is 38.5 Å². The lowest BCUT2D eigenvalue weighted by molar-refractivity contribution is 1.06. The minimum absolute atomic E-state index is 0.743. The highest BCUT2D eigenvalue weighted by Gasteiger charge is 2.19. The molecule has 118 valence electrons. The lowest BCUT2D eigenvalue weighted by Crippen LogP contribution is -2.01. The largest absolute Gasteiger partial charge is 0.238 e. The maximum atomic E-state index is 4.67. The third kappa shape index (κ3) is 2.64. The van der Waals surface area contributed by atoms with Crippen LogP contribution in [0.2, 0.25) is 0 Å². The number of rotatable bonds is 0. The van der Waals surface area contributed by atoms with Gasteiger partial charge in [0.25, 0.3) is 0 Å². The van der Waals surface area contributed by atoms with E-state index in [2.05, 4.69) is 30.0 Å². The summed E-state index contributed by atoms with van der Waals surface area (Å²) in [5.74, 6) is 3.47. The molecule has 6 heteroatoms. The van der Waals surface area contributed by atoms with Crippen LogP contribution in [-0.4, -0.2) is 34.8 Å². The van der Waals surface area contributed by atoms with Crippen LogP contribution >= 0.6 is 0 Å². The first kappa shape index (κ1) is 13.7. The summed E-state index contributed by atoms with van der Waals surface area (Å²) in [6, 6.07) is 0. The molecule has 5 rings (SSSR count). The van der Waals surface area contributed by atoms with Crippen molar-refractivity contribution < 1.29 is 0 Å². The Morgan fingerprint density at radius 1 is 0.500 bits per heavy atom. The summed E-state index contributed by atoms with van der Waals surface area (Å²) in [6.07, 6.45) is 13.0. The number of fused-ring (bicyclic) bond motifs is 6. The van der Waals surface area contributed by atoms with Crippen LogP contribution in [0.25, 0.3) is 0 Å². The van der Waals surface area contributed by atoms with E-state index in [0.29, 0.717) is 0 Å². The molecule has 6 nitrogen and oxygen atoms in total. The summed E-state index contributed by atoms with van der Waals surface area (Å²) in [5.41, 5.74) is 4.05. The Morgan fingerprint density at radius 3 is 1.46 bits per heavy atom. The van der Waals surface area contributed by atoms with E-state index in [9.17, 15) is 0 Å². The van der Waals surface area contributed by atoms with Gasteiger partial charge in [0.2, 0.25) is 0 Å². The monoisotopic (exact) mass is 316 g/mol. The number of amidine groups is 4. The van der Waals surface area contributed by atoms with Gasteiger partial charge in [-0.3, -0.25) is 0 Å². The molecule has 0 aromatic carbocycles. The van der Waals surface area contributed by atoms with Crippen molar-refractivity contribution in [3.63, 3.8) is 0 Å². The molecule has 5 aliphatic rings. The fourth-order valence-corrected chi connectivity index (χ4v) is 3.25. The second-order valence-corrected chi connectivity index (χ2v) is 6.32. The number of allylic oxidation sites excluding steroid dienone is 4. The molecule has 2 aliphatic carbocycles. The smallest absolute Gasteiger partial charge is 0.131 e. The molecular formula is C18H16N6. The zero-order valence-corrected chi connectivity index (χ0v) is 13.2. The van der Waals surface area contributed by atoms with Crippen molar-refractivity contribution in [3.05, 3.63) is 35.7 Å². The van der Waals surface area contributed by atoms with E-state index in [-0.39, 0.29) is 0 Å². The predicted molar refractivity (Wildman–Crippen MR) is 97.6 cm³/mol. The Hall–Kier alpha value is -2.76. The Morgan fingerprint density at radius 2 is 0.958 bits per heavy atom. The van der Waals surface area contributed by atoms with E-state index in [1.54, 1.807) is 0 Å². The first-order valence-corrected chi connectivity index (χ1v) is 8.33. The van der Waals surface area contributed by atoms with Crippen molar-refractivity contribution in [2.75, 3.05) is 0 Å². The Kier molecular flexibility index (Phi) is 3.07. The fraction of sp³-hybridized carbons (Fsp3) is 0.333. The molecular weight excluding hydrogens is 300 g/mol. The van der Waals surface area contributed by atoms with Gasteiger partial charge in [-0.05, 0) is 24.3 Å². The Labute approximate surface area is 139 Å². The normalized spacial score (nSPS) is 33.3. The van der Waals surface area contributed by atoms with Crippen molar-refractivity contribution >= 4 is 34.8 Å². The SMILES string of the molecule is C1=CC2=N/C3=NC(=N\C4=CC=C(C4)/N=C4/CCC(=N4)/N=C/1C\2)/CC3. The number of aliphatic imine (C=N–C) groups is 6. The first-order valence-electron chi connectivity index (χ1n) is 8.33. The van der Waals surface area contributed by atoms with Crippen LogP contribution < -0.4 is 0 Å². The van der Waals surface area contributed by atoms with E-state index in [4.69, 9.17) is 0 Å². The summed E-state index contributed by atoms with van der Waals surface area (Å²) >= 11 is 0. The maximum Gasteiger partial charge on any atom is 0.131 e. The zero-order valence-electron chi connectivity index (χ0n) is 13.2. The molecule has 0 aromatic rings. The molecule has 0 radical (unpaired) electrons. The highest BCUT2D eigenvalue weighted by Crippen LogP contribution is 2.25. The van der Waals surface area contributed by atoms with E-state index < -0.39 is 0 Å². The third-order valence-corrected chi connectivity index (χ3v) is 4.41. The van der Waals surface area contributed by atoms with Crippen molar-refractivity contribution in [2.24, 2.45) is 30.0 Å². The highest BCUT2D eigenvalue weighted by atomic mass is 15.0. The van der Waals surface area contributed by atoms with E-state index in [0.717, 1.165) is 84.7 Å². The summed E-state index contributed by atoms with van der Waals surface area (Å²) in [6.45, 7) is 0. The van der Waals surface area contributed by atoms with Crippen LogP contribution in [0.3, 0.4) is 0 Å². The van der Waals surface area contributed by atoms with E-state index in [1.807, 2.05) is 24.3 Å². The molecule has 0 saturated heterocycles. The van der Waals surface area contributed by atoms with Crippen molar-refractivity contribution in [3.8, 4) is 0 Å². The van der Waals surface area contributed by atoms with Crippen LogP contribution in [-0.2, 0) is 0 Å². The summed E-state index contributed by atoms with van der Waals surface area (Å²) < 4.78 is 0. The minimum Gasteiger partial charge on any atom is -0.238 e. The van der Waals surface area contributed by atoms with E-state index >= 15 is 0 Å². The third-order valence-electron chi connectivity index (χ3n) is 4.41. The molecule has 8 bridgehead atoms. The van der Waals surface area contributed by atoms with Crippen LogP contribution in [0.4, 0.5) is 0 Å². The van der Waals surface area contributed by atoms with Gasteiger partial charge in [0.15, 0.2) is 0 Å². The first-order chi connectivity index (χ1) is 11.8. The topological polar surface area (TPSA) is 74.2 Å². The Balaban J connectivity index is 1.55. The summed E-state index contributed by atoms with van der Waals surface area (Å²) in [5, 5.41) is 0. The van der Waals surface area contributed by atoms with Crippen LogP contribution in [0.5, 0.6) is 0 Å². The second kappa shape index (κ2) is 5.40. The maximum absolute atomic E-state index is 4.67. The molecule has 0 saturated carbocycles. The molecule has 0 N–H and O–H groups in total. The predicted octanol–water partition coefficient (Wildman–Crippen LogP) is 3.20. The van der Waals surface area contributed by atoms with Gasteiger partial charge in [0.05, 0.1) is 0 Å². The van der Waals surface area contributed by atoms with Crippen molar-refractivity contribution in [1.29, 1.82) is 0 Å². The standard InChI is InChI=1S/C18H16N6/c1-2-12-9-11(1)19-15-5-6-17(23-15)21-13-3-4-14(10-13)22-18-8-7-16(20-12)24-18/h1-4H,5-10H2/b19-11-,19-15?,20-12-,20-16?,21-13?,21-17-,22-14?,22-18-. The number of hydrogen-bond acceptors (Lipinski definition) is 6. The van der Waals surface area contributed by atoms with Crippen molar-refractivity contribution in [2.45, 2.75) is 38.5 Å². The molecule has 24 heavy (non-hydrogen) atoms. The van der Waals surface area contributed by atoms with Crippen molar-refractivity contribution in [1.82, 2.24) is 0 Å². The minimum atomic E-state index is 0.743. The van der Waals surface area contributed by atoms with Crippen LogP contribution in [0, 0.1) is 0 Å². The summed E-state index contributed by atoms with van der Waals surface area (Å²) in [7, 11) is 0. The lowest BCUT2D eigenvalue weighted by Gasteiger charge is -1.98. The Bertz CT molecular complexity index is 830. The van der Waals surface area contributed by atoms with Gasteiger partial charge in [0, 0.05) is 61.3 Å². The molecule has 0 unspecified atom stereocenters. The van der Waals surface area contributed by atoms with Gasteiger partial charge in [-0.2, -0.15) is 0 Å². The van der Waals surface area contributed by atoms with Gasteiger partial charge in [-0.25, -0.2) is 30.0 Å². The van der Waals surface area contributed by atoms with Gasteiger partial charge in [-0.1, -0.05) is 0 Å². The van der Waals surface area contributed by atoms with Gasteiger partial charge < -0.3 is 0 Å². The highest BCUT2D eigenvalue weighted by molar-refractivity contribution is 6.25. The van der Waals surface area contributed by atoms with E-state index in [1.165, 1.54) is 0 Å².